The largest absolute Gasteiger partial charge is 0.496 e. The first kappa shape index (κ1) is 17.3. The number of nitrogens with one attached hydrogen (secondary N) is 1. The van der Waals surface area contributed by atoms with Crippen molar-refractivity contribution in [1.82, 2.24) is 5.32 Å². The molecule has 1 unspecified atom stereocenters. The predicted octanol–water partition coefficient (Wildman–Crippen LogP) is 2.82. The van der Waals surface area contributed by atoms with Gasteiger partial charge in [-0.05, 0) is 38.6 Å². The van der Waals surface area contributed by atoms with Gasteiger partial charge in [0, 0.05) is 16.8 Å². The van der Waals surface area contributed by atoms with Crippen LogP contribution in [0.1, 0.15) is 32.4 Å². The summed E-state index contributed by atoms with van der Waals surface area (Å²) in [6.45, 7) is 5.98. The Hall–Kier alpha value is -0.780. The van der Waals surface area contributed by atoms with Crippen molar-refractivity contribution < 1.29 is 13.2 Å². The Morgan fingerprint density at radius 3 is 2.45 bits per heavy atom. The molecule has 1 N–H and O–H groups in total. The zero-order chi connectivity index (χ0) is 15.6. The summed E-state index contributed by atoms with van der Waals surface area (Å²) in [5.74, 6) is 0.622. The minimum absolute atomic E-state index is 0.406. The van der Waals surface area contributed by atoms with Crippen LogP contribution in [0.2, 0.25) is 5.02 Å². The van der Waals surface area contributed by atoms with E-state index in [-0.39, 0.29) is 0 Å². The Bertz CT molecular complexity index is 570. The van der Waals surface area contributed by atoms with E-state index in [0.717, 1.165) is 5.56 Å². The summed E-state index contributed by atoms with van der Waals surface area (Å²) in [7, 11) is -1.71. The van der Waals surface area contributed by atoms with Gasteiger partial charge in [0.2, 0.25) is 0 Å². The highest BCUT2D eigenvalue weighted by Crippen LogP contribution is 2.38. The lowest BCUT2D eigenvalue weighted by Crippen LogP contribution is -2.45. The summed E-state index contributed by atoms with van der Waals surface area (Å²) >= 11 is 6.05. The van der Waals surface area contributed by atoms with E-state index in [0.29, 0.717) is 17.3 Å². The Balaban J connectivity index is 3.45. The molecule has 114 valence electrons. The fraction of sp³-hybridized carbons (Fsp3) is 0.571. The lowest BCUT2D eigenvalue weighted by atomic mass is 9.94. The lowest BCUT2D eigenvalue weighted by molar-refractivity contribution is 0.379. The third-order valence-electron chi connectivity index (χ3n) is 3.56. The van der Waals surface area contributed by atoms with Crippen LogP contribution in [0.4, 0.5) is 0 Å². The Labute approximate surface area is 126 Å². The number of rotatable bonds is 6. The molecule has 0 saturated heterocycles. The molecule has 0 aliphatic carbocycles. The number of halogens is 1. The molecular weight excluding hydrogens is 298 g/mol. The van der Waals surface area contributed by atoms with Gasteiger partial charge < -0.3 is 10.1 Å². The van der Waals surface area contributed by atoms with E-state index in [1.165, 1.54) is 6.26 Å². The van der Waals surface area contributed by atoms with Gasteiger partial charge in [0.15, 0.2) is 9.84 Å². The van der Waals surface area contributed by atoms with Crippen LogP contribution in [-0.4, -0.2) is 33.1 Å². The molecule has 1 atom stereocenters. The number of sulfone groups is 1. The van der Waals surface area contributed by atoms with E-state index in [4.69, 9.17) is 16.3 Å². The second-order valence-electron chi connectivity index (χ2n) is 5.25. The second-order valence-corrected chi connectivity index (χ2v) is 8.29. The van der Waals surface area contributed by atoms with E-state index in [1.54, 1.807) is 39.2 Å². The highest BCUT2D eigenvalue weighted by molar-refractivity contribution is 7.92. The maximum absolute atomic E-state index is 12.1. The van der Waals surface area contributed by atoms with Crippen LogP contribution >= 0.6 is 11.6 Å². The van der Waals surface area contributed by atoms with Gasteiger partial charge in [0.05, 0.1) is 17.9 Å². The van der Waals surface area contributed by atoms with Crippen LogP contribution < -0.4 is 10.1 Å². The summed E-state index contributed by atoms with van der Waals surface area (Å²) in [6.07, 6.45) is 1.24. The quantitative estimate of drug-likeness (QED) is 0.876. The third kappa shape index (κ3) is 3.45. The van der Waals surface area contributed by atoms with Crippen LogP contribution in [0.3, 0.4) is 0 Å². The predicted molar refractivity (Wildman–Crippen MR) is 83.3 cm³/mol. The highest BCUT2D eigenvalue weighted by atomic mass is 35.5. The number of methoxy groups -OCH3 is 1. The van der Waals surface area contributed by atoms with Crippen molar-refractivity contribution >= 4 is 21.4 Å². The molecule has 1 rings (SSSR count). The molecule has 0 aliphatic rings. The average Bonchev–Trinajstić information content (AvgIpc) is 2.34. The molecular formula is C14H22ClNO3S. The molecule has 4 nitrogen and oxygen atoms in total. The van der Waals surface area contributed by atoms with Crippen molar-refractivity contribution in [2.24, 2.45) is 0 Å². The van der Waals surface area contributed by atoms with Gasteiger partial charge in [-0.15, -0.1) is 0 Å². The first-order chi connectivity index (χ1) is 9.15. The molecule has 0 spiro atoms. The molecule has 0 aromatic heterocycles. The van der Waals surface area contributed by atoms with Gasteiger partial charge in [-0.2, -0.15) is 0 Å². The Morgan fingerprint density at radius 1 is 1.40 bits per heavy atom. The summed E-state index contributed by atoms with van der Waals surface area (Å²) in [5, 5.41) is 3.78. The second kappa shape index (κ2) is 6.33. The third-order valence-corrected chi connectivity index (χ3v) is 5.94. The summed E-state index contributed by atoms with van der Waals surface area (Å²) in [5.41, 5.74) is 0.747. The molecule has 6 heteroatoms. The first-order valence-electron chi connectivity index (χ1n) is 6.41. The maximum Gasteiger partial charge on any atom is 0.154 e. The fourth-order valence-electron chi connectivity index (χ4n) is 2.08. The van der Waals surface area contributed by atoms with Crippen LogP contribution in [-0.2, 0) is 9.84 Å². The number of hydrogen-bond donors (Lipinski definition) is 1. The van der Waals surface area contributed by atoms with E-state index in [1.807, 2.05) is 6.92 Å². The van der Waals surface area contributed by atoms with E-state index in [2.05, 4.69) is 5.32 Å². The van der Waals surface area contributed by atoms with Crippen LogP contribution in [0.25, 0.3) is 0 Å². The molecule has 1 aromatic carbocycles. The van der Waals surface area contributed by atoms with Crippen molar-refractivity contribution in [3.63, 3.8) is 0 Å². The minimum atomic E-state index is -3.27. The molecule has 0 amide bonds. The van der Waals surface area contributed by atoms with Gasteiger partial charge in [-0.3, -0.25) is 0 Å². The SMILES string of the molecule is CCNC(c1cc(Cl)ccc1OC)C(C)(C)S(C)(=O)=O. The molecule has 0 heterocycles. The van der Waals surface area contributed by atoms with Gasteiger partial charge in [-0.25, -0.2) is 8.42 Å². The Morgan fingerprint density at radius 2 is 2.00 bits per heavy atom. The minimum Gasteiger partial charge on any atom is -0.496 e. The van der Waals surface area contributed by atoms with Crippen molar-refractivity contribution in [2.45, 2.75) is 31.6 Å². The normalized spacial score (nSPS) is 14.1. The molecule has 0 saturated carbocycles. The molecule has 20 heavy (non-hydrogen) atoms. The number of ether oxygens (including phenoxy) is 1. The zero-order valence-electron chi connectivity index (χ0n) is 12.5. The smallest absolute Gasteiger partial charge is 0.154 e. The molecule has 0 aliphatic heterocycles. The van der Waals surface area contributed by atoms with Gasteiger partial charge >= 0.3 is 0 Å². The highest BCUT2D eigenvalue weighted by Gasteiger charge is 2.40. The number of benzene rings is 1. The van der Waals surface area contributed by atoms with Crippen molar-refractivity contribution in [3.05, 3.63) is 28.8 Å². The van der Waals surface area contributed by atoms with Gasteiger partial charge in [0.25, 0.3) is 0 Å². The van der Waals surface area contributed by atoms with Crippen LogP contribution in [0.5, 0.6) is 5.75 Å². The van der Waals surface area contributed by atoms with Crippen molar-refractivity contribution in [2.75, 3.05) is 19.9 Å². The maximum atomic E-state index is 12.1. The summed E-state index contributed by atoms with van der Waals surface area (Å²) in [4.78, 5) is 0. The zero-order valence-corrected chi connectivity index (χ0v) is 14.1. The molecule has 0 fully saturated rings. The van der Waals surface area contributed by atoms with E-state index in [9.17, 15) is 8.42 Å². The monoisotopic (exact) mass is 319 g/mol. The van der Waals surface area contributed by atoms with Gasteiger partial charge in [-0.1, -0.05) is 18.5 Å². The standard InChI is InChI=1S/C14H22ClNO3S/c1-6-16-13(14(2,3)20(5,17)18)11-9-10(15)7-8-12(11)19-4/h7-9,13,16H,6H2,1-5H3. The van der Waals surface area contributed by atoms with E-state index < -0.39 is 20.6 Å². The first-order valence-corrected chi connectivity index (χ1v) is 8.68. The summed E-state index contributed by atoms with van der Waals surface area (Å²) in [6, 6.07) is 4.82. The molecule has 1 aromatic rings. The average molecular weight is 320 g/mol. The molecule has 0 radical (unpaired) electrons. The topological polar surface area (TPSA) is 55.4 Å². The van der Waals surface area contributed by atoms with E-state index >= 15 is 0 Å². The number of hydrogen-bond acceptors (Lipinski definition) is 4. The van der Waals surface area contributed by atoms with Crippen LogP contribution in [0, 0.1) is 0 Å². The lowest BCUT2D eigenvalue weighted by Gasteiger charge is -2.34. The fourth-order valence-corrected chi connectivity index (χ4v) is 2.90. The Kier molecular flexibility index (Phi) is 5.46. The van der Waals surface area contributed by atoms with Crippen molar-refractivity contribution in [3.8, 4) is 5.75 Å². The van der Waals surface area contributed by atoms with Crippen LogP contribution in [0.15, 0.2) is 18.2 Å². The van der Waals surface area contributed by atoms with Crippen molar-refractivity contribution in [1.29, 1.82) is 0 Å². The molecule has 0 bridgehead atoms. The summed E-state index contributed by atoms with van der Waals surface area (Å²) < 4.78 is 28.6. The van der Waals surface area contributed by atoms with Gasteiger partial charge in [0.1, 0.15) is 5.75 Å².